The largest absolute Gasteiger partial charge is 0.394 e. The number of nitrogens with one attached hydrogen (secondary N) is 1. The van der Waals surface area contributed by atoms with Crippen molar-refractivity contribution in [3.05, 3.63) is 12.2 Å². The number of amides is 1. The van der Waals surface area contributed by atoms with Crippen LogP contribution in [0.15, 0.2) is 12.2 Å². The van der Waals surface area contributed by atoms with Crippen LogP contribution in [0.5, 0.6) is 0 Å². The molecule has 0 radical (unpaired) electrons. The maximum atomic E-state index is 13.2. The summed E-state index contributed by atoms with van der Waals surface area (Å²) in [5.74, 6) is -0.235. The Labute approximate surface area is 425 Å². The van der Waals surface area contributed by atoms with Crippen molar-refractivity contribution in [3.63, 3.8) is 0 Å². The molecule has 2 fully saturated rings. The number of carbonyl (C=O) groups is 1. The minimum atomic E-state index is -1.78. The Morgan fingerprint density at radius 1 is 0.500 bits per heavy atom. The van der Waals surface area contributed by atoms with Crippen LogP contribution in [-0.4, -0.2) is 140 Å². The lowest BCUT2D eigenvalue weighted by Gasteiger charge is -2.46. The molecular formula is C56H107NO13. The van der Waals surface area contributed by atoms with Gasteiger partial charge in [0.2, 0.25) is 5.91 Å². The molecule has 0 aliphatic carbocycles. The predicted molar refractivity (Wildman–Crippen MR) is 277 cm³/mol. The number of aliphatic hydroxyl groups excluding tert-OH is 8. The zero-order valence-electron chi connectivity index (χ0n) is 44.3. The number of hydrogen-bond acceptors (Lipinski definition) is 13. The number of carbonyl (C=O) groups excluding carboxylic acids is 1. The minimum Gasteiger partial charge on any atom is -0.394 e. The first-order valence-electron chi connectivity index (χ1n) is 28.9. The van der Waals surface area contributed by atoms with Crippen LogP contribution in [0.2, 0.25) is 0 Å². The summed E-state index contributed by atoms with van der Waals surface area (Å²) in [6.07, 6.45) is 31.1. The summed E-state index contributed by atoms with van der Waals surface area (Å²) in [5, 5.41) is 86.9. The smallest absolute Gasteiger partial charge is 0.220 e. The second-order valence-corrected chi connectivity index (χ2v) is 20.8. The fourth-order valence-electron chi connectivity index (χ4n) is 9.76. The third-order valence-electron chi connectivity index (χ3n) is 14.5. The average molecular weight is 1000 g/mol. The van der Waals surface area contributed by atoms with Crippen LogP contribution in [-0.2, 0) is 23.7 Å². The Kier molecular flexibility index (Phi) is 39.9. The molecule has 0 saturated carbocycles. The standard InChI is InChI=1S/C56H107NO13/c1-3-5-7-9-11-13-15-17-18-19-20-21-22-23-24-25-26-28-30-32-34-36-38-40-48(61)57-44(45(60)39-37-35-33-31-29-27-16-14-12-10-8-6-4-2)43-67-55-53(66)51(64)54(47(42-59)69-55)70-56-52(65)50(63)49(62)46(41-58)68-56/h37,39,44-47,49-56,58-60,62-66H,3-36,38,40-43H2,1-2H3,(H,57,61)/b39-37-/t44?,45?,46-,47-,49+,50+,51-,52-,53-,54+,55-,56-/m1/s1. The molecule has 0 aromatic carbocycles. The van der Waals surface area contributed by atoms with Crippen molar-refractivity contribution in [2.75, 3.05) is 19.8 Å². The normalized spacial score (nSPS) is 26.0. The molecule has 2 unspecified atom stereocenters. The number of ether oxygens (including phenoxy) is 4. The maximum Gasteiger partial charge on any atom is 0.220 e. The van der Waals surface area contributed by atoms with Crippen molar-refractivity contribution < 1.29 is 64.6 Å². The summed E-state index contributed by atoms with van der Waals surface area (Å²) in [6.45, 7) is 2.81. The first-order valence-corrected chi connectivity index (χ1v) is 28.9. The molecule has 2 rings (SSSR count). The molecule has 0 spiro atoms. The van der Waals surface area contributed by atoms with E-state index >= 15 is 0 Å². The van der Waals surface area contributed by atoms with Crippen LogP contribution in [0.4, 0.5) is 0 Å². The van der Waals surface area contributed by atoms with Crippen molar-refractivity contribution in [1.29, 1.82) is 0 Å². The molecule has 9 N–H and O–H groups in total. The first-order chi connectivity index (χ1) is 34.1. The molecule has 70 heavy (non-hydrogen) atoms. The number of unbranched alkanes of at least 4 members (excludes halogenated alkanes) is 33. The number of aliphatic hydroxyl groups is 8. The second-order valence-electron chi connectivity index (χ2n) is 20.8. The van der Waals surface area contributed by atoms with Gasteiger partial charge in [0, 0.05) is 6.42 Å². The molecule has 1 amide bonds. The molecule has 2 aliphatic rings. The fourth-order valence-corrected chi connectivity index (χ4v) is 9.76. The lowest BCUT2D eigenvalue weighted by Crippen LogP contribution is -2.65. The number of hydrogen-bond donors (Lipinski definition) is 9. The van der Waals surface area contributed by atoms with Gasteiger partial charge in [-0.05, 0) is 19.3 Å². The van der Waals surface area contributed by atoms with Crippen LogP contribution in [0.1, 0.15) is 245 Å². The first kappa shape index (κ1) is 64.8. The van der Waals surface area contributed by atoms with Crippen LogP contribution in [0.3, 0.4) is 0 Å². The van der Waals surface area contributed by atoms with Crippen LogP contribution >= 0.6 is 0 Å². The van der Waals surface area contributed by atoms with Gasteiger partial charge in [-0.3, -0.25) is 4.79 Å². The molecule has 14 nitrogen and oxygen atoms in total. The zero-order chi connectivity index (χ0) is 51.0. The van der Waals surface area contributed by atoms with Gasteiger partial charge in [0.05, 0.1) is 32.0 Å². The topological polar surface area (TPSA) is 228 Å². The summed E-state index contributed by atoms with van der Waals surface area (Å²) in [7, 11) is 0. The SMILES string of the molecule is CCCCCCCCCCCCC/C=C\C(O)C(CO[C@@H]1O[C@H](CO)[C@H](O[C@H]2O[C@H](CO)[C@H](O)[C@H](O)[C@H]2O)[C@H](O)[C@H]1O)NC(=O)CCCCCCCCCCCCCCCCCCCCCCCCC. The Hall–Kier alpha value is -1.27. The lowest BCUT2D eigenvalue weighted by atomic mass is 9.97. The third-order valence-corrected chi connectivity index (χ3v) is 14.5. The molecule has 0 aromatic heterocycles. The van der Waals surface area contributed by atoms with Crippen molar-refractivity contribution >= 4 is 5.91 Å². The van der Waals surface area contributed by atoms with Crippen LogP contribution < -0.4 is 5.32 Å². The predicted octanol–water partition coefficient (Wildman–Crippen LogP) is 9.11. The van der Waals surface area contributed by atoms with Crippen molar-refractivity contribution in [1.82, 2.24) is 5.32 Å². The van der Waals surface area contributed by atoms with Gasteiger partial charge in [-0.25, -0.2) is 0 Å². The van der Waals surface area contributed by atoms with E-state index < -0.39 is 86.8 Å². The molecule has 0 aromatic rings. The maximum absolute atomic E-state index is 13.2. The van der Waals surface area contributed by atoms with Gasteiger partial charge in [0.15, 0.2) is 12.6 Å². The summed E-state index contributed by atoms with van der Waals surface area (Å²) >= 11 is 0. The molecule has 2 heterocycles. The molecule has 414 valence electrons. The van der Waals surface area contributed by atoms with Crippen LogP contribution in [0.25, 0.3) is 0 Å². The summed E-state index contributed by atoms with van der Waals surface area (Å²) in [6, 6.07) is -0.908. The van der Waals surface area contributed by atoms with E-state index in [4.69, 9.17) is 18.9 Å². The minimum absolute atomic E-state index is 0.235. The van der Waals surface area contributed by atoms with E-state index in [2.05, 4.69) is 19.2 Å². The Morgan fingerprint density at radius 2 is 0.886 bits per heavy atom. The Morgan fingerprint density at radius 3 is 1.31 bits per heavy atom. The highest BCUT2D eigenvalue weighted by atomic mass is 16.7. The second kappa shape index (κ2) is 43.0. The van der Waals surface area contributed by atoms with Crippen molar-refractivity contribution in [2.24, 2.45) is 0 Å². The van der Waals surface area contributed by atoms with Gasteiger partial charge in [-0.1, -0.05) is 231 Å². The fraction of sp³-hybridized carbons (Fsp3) is 0.946. The molecule has 12 atom stereocenters. The highest BCUT2D eigenvalue weighted by molar-refractivity contribution is 5.76. The Balaban J connectivity index is 1.74. The van der Waals surface area contributed by atoms with Crippen molar-refractivity contribution in [3.8, 4) is 0 Å². The van der Waals surface area contributed by atoms with Crippen LogP contribution in [0, 0.1) is 0 Å². The highest BCUT2D eigenvalue weighted by Gasteiger charge is 2.51. The average Bonchev–Trinajstić information content (AvgIpc) is 3.36. The quantitative estimate of drug-likeness (QED) is 0.0205. The summed E-state index contributed by atoms with van der Waals surface area (Å²) in [5.41, 5.74) is 0. The van der Waals surface area contributed by atoms with Gasteiger partial charge in [0.1, 0.15) is 48.8 Å². The zero-order valence-corrected chi connectivity index (χ0v) is 44.3. The van der Waals surface area contributed by atoms with E-state index in [1.54, 1.807) is 6.08 Å². The highest BCUT2D eigenvalue weighted by Crippen LogP contribution is 2.30. The van der Waals surface area contributed by atoms with Gasteiger partial charge in [-0.2, -0.15) is 0 Å². The van der Waals surface area contributed by atoms with E-state index in [9.17, 15) is 45.6 Å². The lowest BCUT2D eigenvalue weighted by molar-refractivity contribution is -0.359. The number of allylic oxidation sites excluding steroid dienone is 1. The summed E-state index contributed by atoms with van der Waals surface area (Å²) < 4.78 is 22.7. The molecule has 14 heteroatoms. The van der Waals surface area contributed by atoms with E-state index in [-0.39, 0.29) is 18.9 Å². The van der Waals surface area contributed by atoms with E-state index in [0.717, 1.165) is 38.5 Å². The number of rotatable bonds is 46. The molecule has 0 bridgehead atoms. The van der Waals surface area contributed by atoms with E-state index in [1.165, 1.54) is 180 Å². The Bertz CT molecular complexity index is 1230. The monoisotopic (exact) mass is 1000 g/mol. The van der Waals surface area contributed by atoms with Gasteiger partial charge < -0.3 is 65.1 Å². The molecule has 2 aliphatic heterocycles. The van der Waals surface area contributed by atoms with Crippen molar-refractivity contribution in [2.45, 2.75) is 319 Å². The molecule has 2 saturated heterocycles. The van der Waals surface area contributed by atoms with Gasteiger partial charge >= 0.3 is 0 Å². The molecular weight excluding hydrogens is 895 g/mol. The van der Waals surface area contributed by atoms with Gasteiger partial charge in [0.25, 0.3) is 0 Å². The third kappa shape index (κ3) is 29.0. The van der Waals surface area contributed by atoms with E-state index in [0.29, 0.717) is 6.42 Å². The summed E-state index contributed by atoms with van der Waals surface area (Å²) in [4.78, 5) is 13.2. The van der Waals surface area contributed by atoms with E-state index in [1.807, 2.05) is 6.08 Å². The van der Waals surface area contributed by atoms with Gasteiger partial charge in [-0.15, -0.1) is 0 Å².